The van der Waals surface area contributed by atoms with Gasteiger partial charge in [-0.3, -0.25) is 9.52 Å². The van der Waals surface area contributed by atoms with E-state index in [9.17, 15) is 18.0 Å². The molecule has 3 aromatic rings. The molecule has 0 bridgehead atoms. The number of alkyl halides is 1. The monoisotopic (exact) mass is 537 g/mol. The molecule has 0 atom stereocenters. The van der Waals surface area contributed by atoms with Crippen molar-refractivity contribution in [3.63, 3.8) is 0 Å². The average Bonchev–Trinajstić information content (AvgIpc) is 3.68. The third-order valence-corrected chi connectivity index (χ3v) is 6.23. The second kappa shape index (κ2) is 11.8. The summed E-state index contributed by atoms with van der Waals surface area (Å²) in [6, 6.07) is 6.52. The van der Waals surface area contributed by atoms with Crippen LogP contribution in [-0.4, -0.2) is 30.2 Å². The van der Waals surface area contributed by atoms with E-state index in [2.05, 4.69) is 25.1 Å². The second-order valence-corrected chi connectivity index (χ2v) is 9.24. The topological polar surface area (TPSA) is 78.1 Å². The third-order valence-electron chi connectivity index (χ3n) is 5.59. The van der Waals surface area contributed by atoms with Gasteiger partial charge in [-0.2, -0.15) is 0 Å². The first kappa shape index (κ1) is 26.7. The van der Waals surface area contributed by atoms with Crippen molar-refractivity contribution in [1.29, 1.82) is 0 Å². The molecule has 4 N–H and O–H groups in total. The van der Waals surface area contributed by atoms with Crippen molar-refractivity contribution in [3.05, 3.63) is 82.1 Å². The summed E-state index contributed by atoms with van der Waals surface area (Å²) >= 11 is 0.820. The van der Waals surface area contributed by atoms with E-state index in [4.69, 9.17) is 0 Å². The number of nitrogens with zero attached hydrogens (tertiary/aromatic N) is 1. The Hall–Kier alpha value is -3.38. The van der Waals surface area contributed by atoms with Crippen molar-refractivity contribution in [2.24, 2.45) is 0 Å². The van der Waals surface area contributed by atoms with Gasteiger partial charge in [0.2, 0.25) is 0 Å². The number of anilines is 3. The molecule has 0 spiro atoms. The highest BCUT2D eigenvalue weighted by Crippen LogP contribution is 2.32. The Bertz CT molecular complexity index is 1300. The maximum atomic E-state index is 15.4. The van der Waals surface area contributed by atoms with Crippen LogP contribution in [0.15, 0.2) is 36.5 Å². The second-order valence-electron chi connectivity index (χ2n) is 8.54. The van der Waals surface area contributed by atoms with Gasteiger partial charge in [-0.25, -0.2) is 31.7 Å². The first-order valence-corrected chi connectivity index (χ1v) is 12.3. The standard InChI is InChI=1S/C25H24F5N5OS/c1-13-2-5-19(18(27)10-13)34-23-17(25(36)33-16-3-4-16)12-15(20(28)22(23)30)11-14-6-8-31-24(21(14)29)35-37-32-9-7-26/h2,5-6,8,10,12,16,32,34H,3-4,7,9,11H2,1H3,(H,31,35)(H,33,36). The molecular weight excluding hydrogens is 513 g/mol. The van der Waals surface area contributed by atoms with Crippen LogP contribution in [-0.2, 0) is 6.42 Å². The molecule has 196 valence electrons. The summed E-state index contributed by atoms with van der Waals surface area (Å²) in [5.41, 5.74) is -0.545. The lowest BCUT2D eigenvalue weighted by Crippen LogP contribution is -2.27. The molecular formula is C25H24F5N5OS. The van der Waals surface area contributed by atoms with Gasteiger partial charge in [0.25, 0.3) is 5.91 Å². The van der Waals surface area contributed by atoms with E-state index in [0.717, 1.165) is 31.0 Å². The van der Waals surface area contributed by atoms with E-state index in [1.807, 2.05) is 0 Å². The summed E-state index contributed by atoms with van der Waals surface area (Å²) in [5.74, 6) is -5.06. The van der Waals surface area contributed by atoms with Crippen LogP contribution in [0.5, 0.6) is 0 Å². The lowest BCUT2D eigenvalue weighted by Gasteiger charge is -2.17. The van der Waals surface area contributed by atoms with E-state index >= 15 is 8.78 Å². The van der Waals surface area contributed by atoms with E-state index < -0.39 is 48.0 Å². The van der Waals surface area contributed by atoms with Crippen LogP contribution in [0.1, 0.15) is 39.9 Å². The number of pyridine rings is 1. The minimum atomic E-state index is -1.39. The van der Waals surface area contributed by atoms with E-state index in [1.165, 1.54) is 24.4 Å². The van der Waals surface area contributed by atoms with E-state index in [-0.39, 0.29) is 40.8 Å². The highest BCUT2D eigenvalue weighted by molar-refractivity contribution is 7.98. The third kappa shape index (κ3) is 6.50. The van der Waals surface area contributed by atoms with E-state index in [1.54, 1.807) is 13.0 Å². The summed E-state index contributed by atoms with van der Waals surface area (Å²) in [7, 11) is 0. The molecule has 0 saturated heterocycles. The Labute approximate surface area is 214 Å². The highest BCUT2D eigenvalue weighted by Gasteiger charge is 2.28. The average molecular weight is 538 g/mol. The van der Waals surface area contributed by atoms with Crippen LogP contribution in [0.25, 0.3) is 0 Å². The summed E-state index contributed by atoms with van der Waals surface area (Å²) < 4.78 is 77.4. The molecule has 1 aliphatic rings. The van der Waals surface area contributed by atoms with Crippen LogP contribution >= 0.6 is 12.1 Å². The number of hydrogen-bond acceptors (Lipinski definition) is 6. The SMILES string of the molecule is Cc1ccc(Nc2c(C(=O)NC3CC3)cc(Cc3ccnc(NSNCCF)c3F)c(F)c2F)c(F)c1. The number of aryl methyl sites for hydroxylation is 1. The molecule has 1 aliphatic carbocycles. The van der Waals surface area contributed by atoms with Crippen molar-refractivity contribution in [1.82, 2.24) is 15.0 Å². The summed E-state index contributed by atoms with van der Waals surface area (Å²) in [4.78, 5) is 16.8. The van der Waals surface area contributed by atoms with Crippen molar-refractivity contribution < 1.29 is 26.7 Å². The zero-order valence-electron chi connectivity index (χ0n) is 19.7. The van der Waals surface area contributed by atoms with Gasteiger partial charge < -0.3 is 10.6 Å². The highest BCUT2D eigenvalue weighted by atomic mass is 32.2. The molecule has 1 amide bonds. The Kier molecular flexibility index (Phi) is 8.49. The van der Waals surface area contributed by atoms with Crippen molar-refractivity contribution in [2.75, 3.05) is 23.3 Å². The normalized spacial score (nSPS) is 12.9. The number of carbonyl (C=O) groups excluding carboxylic acids is 1. The Morgan fingerprint density at radius 2 is 1.84 bits per heavy atom. The smallest absolute Gasteiger partial charge is 0.253 e. The summed E-state index contributed by atoms with van der Waals surface area (Å²) in [6.07, 6.45) is 2.40. The van der Waals surface area contributed by atoms with Crippen molar-refractivity contribution in [2.45, 2.75) is 32.2 Å². The maximum Gasteiger partial charge on any atom is 0.253 e. The number of nitrogens with one attached hydrogen (secondary N) is 4. The van der Waals surface area contributed by atoms with Gasteiger partial charge in [0.1, 0.15) is 12.5 Å². The number of halogens is 5. The van der Waals surface area contributed by atoms with Crippen LogP contribution in [0, 0.1) is 30.2 Å². The predicted molar refractivity (Wildman–Crippen MR) is 133 cm³/mol. The molecule has 0 radical (unpaired) electrons. The number of amides is 1. The van der Waals surface area contributed by atoms with Crippen molar-refractivity contribution >= 4 is 35.2 Å². The fourth-order valence-corrected chi connectivity index (χ4v) is 4.02. The van der Waals surface area contributed by atoms with Gasteiger partial charge >= 0.3 is 0 Å². The molecule has 6 nitrogen and oxygen atoms in total. The molecule has 1 fully saturated rings. The zero-order valence-corrected chi connectivity index (χ0v) is 20.5. The number of hydrogen-bond donors (Lipinski definition) is 4. The molecule has 12 heteroatoms. The number of benzene rings is 2. The van der Waals surface area contributed by atoms with Crippen molar-refractivity contribution in [3.8, 4) is 0 Å². The largest absolute Gasteiger partial charge is 0.350 e. The number of rotatable bonds is 11. The zero-order chi connectivity index (χ0) is 26.5. The molecule has 1 heterocycles. The first-order chi connectivity index (χ1) is 17.8. The van der Waals surface area contributed by atoms with Crippen LogP contribution in [0.3, 0.4) is 0 Å². The van der Waals surface area contributed by atoms with Gasteiger partial charge in [0.15, 0.2) is 23.3 Å². The predicted octanol–water partition coefficient (Wildman–Crippen LogP) is 5.71. The van der Waals surface area contributed by atoms with Gasteiger partial charge in [-0.1, -0.05) is 6.07 Å². The molecule has 0 unspecified atom stereocenters. The molecule has 37 heavy (non-hydrogen) atoms. The number of aromatic nitrogens is 1. The fraction of sp³-hybridized carbons (Fsp3) is 0.280. The van der Waals surface area contributed by atoms with Crippen LogP contribution in [0.2, 0.25) is 0 Å². The summed E-state index contributed by atoms with van der Waals surface area (Å²) in [6.45, 7) is 1.09. The van der Waals surface area contributed by atoms with Gasteiger partial charge in [0, 0.05) is 37.3 Å². The summed E-state index contributed by atoms with van der Waals surface area (Å²) in [5, 5.41) is 5.23. The minimum absolute atomic E-state index is 0.0132. The maximum absolute atomic E-state index is 15.4. The van der Waals surface area contributed by atoms with Crippen LogP contribution in [0.4, 0.5) is 39.1 Å². The fourth-order valence-electron chi connectivity index (χ4n) is 3.53. The lowest BCUT2D eigenvalue weighted by molar-refractivity contribution is 0.0951. The molecule has 2 aromatic carbocycles. The minimum Gasteiger partial charge on any atom is -0.350 e. The van der Waals surface area contributed by atoms with Crippen LogP contribution < -0.4 is 20.1 Å². The first-order valence-electron chi connectivity index (χ1n) is 11.5. The Balaban J connectivity index is 1.68. The van der Waals surface area contributed by atoms with Gasteiger partial charge in [-0.05, 0) is 60.7 Å². The number of carbonyl (C=O) groups is 1. The Morgan fingerprint density at radius 1 is 1.05 bits per heavy atom. The molecule has 4 rings (SSSR count). The molecule has 0 aliphatic heterocycles. The van der Waals surface area contributed by atoms with Gasteiger partial charge in [-0.15, -0.1) is 0 Å². The van der Waals surface area contributed by atoms with E-state index in [0.29, 0.717) is 5.56 Å². The molecule has 1 aromatic heterocycles. The van der Waals surface area contributed by atoms with Gasteiger partial charge in [0.05, 0.1) is 16.9 Å². The molecule has 1 saturated carbocycles. The Morgan fingerprint density at radius 3 is 2.54 bits per heavy atom. The quantitative estimate of drug-likeness (QED) is 0.143. The lowest BCUT2D eigenvalue weighted by atomic mass is 9.99.